The van der Waals surface area contributed by atoms with Gasteiger partial charge in [-0.1, -0.05) is 24.3 Å². The van der Waals surface area contributed by atoms with Gasteiger partial charge in [0.1, 0.15) is 5.82 Å². The van der Waals surface area contributed by atoms with E-state index in [9.17, 15) is 17.6 Å². The lowest BCUT2D eigenvalue weighted by Gasteiger charge is -2.22. The van der Waals surface area contributed by atoms with Crippen molar-refractivity contribution in [2.24, 2.45) is 0 Å². The summed E-state index contributed by atoms with van der Waals surface area (Å²) in [7, 11) is -3.57. The summed E-state index contributed by atoms with van der Waals surface area (Å²) in [6.07, 6.45) is 1.11. The second-order valence-corrected chi connectivity index (χ2v) is 8.67. The molecule has 0 fully saturated rings. The molecular formula is C22H21FN2O3S. The summed E-state index contributed by atoms with van der Waals surface area (Å²) in [4.78, 5) is 12.4. The quantitative estimate of drug-likeness (QED) is 0.654. The predicted octanol–water partition coefficient (Wildman–Crippen LogP) is 4.35. The first kappa shape index (κ1) is 20.5. The Labute approximate surface area is 169 Å². The highest BCUT2D eigenvalue weighted by Crippen LogP contribution is 2.22. The van der Waals surface area contributed by atoms with Crippen molar-refractivity contribution in [3.8, 4) is 0 Å². The number of halogens is 1. The Balaban J connectivity index is 1.80. The summed E-state index contributed by atoms with van der Waals surface area (Å²) in [6.45, 7) is 2.00. The van der Waals surface area contributed by atoms with Crippen molar-refractivity contribution in [3.63, 3.8) is 0 Å². The number of anilines is 2. The predicted molar refractivity (Wildman–Crippen MR) is 113 cm³/mol. The standard InChI is InChI=1S/C22H21FN2O3S/c1-16-4-3-5-20(14-16)24-22(26)18-8-12-21(13-9-18)25(29(2,27)28)15-17-6-10-19(23)11-7-17/h3-14H,15H2,1-2H3,(H,24,26). The van der Waals surface area contributed by atoms with Gasteiger partial charge in [0.05, 0.1) is 18.5 Å². The molecule has 150 valence electrons. The molecule has 3 rings (SSSR count). The third kappa shape index (κ3) is 5.42. The van der Waals surface area contributed by atoms with Gasteiger partial charge in [-0.2, -0.15) is 0 Å². The van der Waals surface area contributed by atoms with E-state index in [0.717, 1.165) is 11.8 Å². The first-order valence-corrected chi connectivity index (χ1v) is 10.8. The van der Waals surface area contributed by atoms with E-state index in [1.54, 1.807) is 30.3 Å². The van der Waals surface area contributed by atoms with Crippen LogP contribution in [0.15, 0.2) is 72.8 Å². The molecule has 0 aliphatic carbocycles. The monoisotopic (exact) mass is 412 g/mol. The molecule has 1 N–H and O–H groups in total. The molecule has 0 saturated heterocycles. The number of carbonyl (C=O) groups is 1. The lowest BCUT2D eigenvalue weighted by molar-refractivity contribution is 0.102. The van der Waals surface area contributed by atoms with E-state index in [4.69, 9.17) is 0 Å². The first-order valence-electron chi connectivity index (χ1n) is 8.92. The highest BCUT2D eigenvalue weighted by Gasteiger charge is 2.18. The molecule has 5 nitrogen and oxygen atoms in total. The molecule has 7 heteroatoms. The Morgan fingerprint density at radius 1 is 1.00 bits per heavy atom. The number of nitrogens with one attached hydrogen (secondary N) is 1. The van der Waals surface area contributed by atoms with E-state index in [0.29, 0.717) is 22.5 Å². The second-order valence-electron chi connectivity index (χ2n) is 6.77. The van der Waals surface area contributed by atoms with Gasteiger partial charge in [-0.15, -0.1) is 0 Å². The van der Waals surface area contributed by atoms with Gasteiger partial charge in [-0.05, 0) is 66.6 Å². The van der Waals surface area contributed by atoms with Crippen LogP contribution in [-0.4, -0.2) is 20.6 Å². The van der Waals surface area contributed by atoms with E-state index in [2.05, 4.69) is 5.32 Å². The van der Waals surface area contributed by atoms with Gasteiger partial charge < -0.3 is 5.32 Å². The SMILES string of the molecule is Cc1cccc(NC(=O)c2ccc(N(Cc3ccc(F)cc3)S(C)(=O)=O)cc2)c1. The zero-order valence-electron chi connectivity index (χ0n) is 16.1. The van der Waals surface area contributed by atoms with Crippen molar-refractivity contribution in [1.82, 2.24) is 0 Å². The van der Waals surface area contributed by atoms with E-state index >= 15 is 0 Å². The Morgan fingerprint density at radius 2 is 1.66 bits per heavy atom. The van der Waals surface area contributed by atoms with Crippen LogP contribution in [0.3, 0.4) is 0 Å². The van der Waals surface area contributed by atoms with E-state index in [1.165, 1.54) is 28.6 Å². The smallest absolute Gasteiger partial charge is 0.255 e. The molecule has 0 saturated carbocycles. The van der Waals surface area contributed by atoms with Crippen LogP contribution in [0, 0.1) is 12.7 Å². The number of sulfonamides is 1. The molecule has 0 radical (unpaired) electrons. The number of nitrogens with zero attached hydrogens (tertiary/aromatic N) is 1. The number of aryl methyl sites for hydroxylation is 1. The van der Waals surface area contributed by atoms with Crippen molar-refractivity contribution in [2.75, 3.05) is 15.9 Å². The van der Waals surface area contributed by atoms with E-state index in [-0.39, 0.29) is 18.3 Å². The van der Waals surface area contributed by atoms with Crippen LogP contribution in [0.2, 0.25) is 0 Å². The minimum absolute atomic E-state index is 0.0634. The van der Waals surface area contributed by atoms with Gasteiger partial charge in [0, 0.05) is 11.3 Å². The number of rotatable bonds is 6. The maximum atomic E-state index is 13.1. The maximum Gasteiger partial charge on any atom is 0.255 e. The minimum Gasteiger partial charge on any atom is -0.322 e. The molecule has 0 unspecified atom stereocenters. The normalized spacial score (nSPS) is 11.1. The highest BCUT2D eigenvalue weighted by atomic mass is 32.2. The molecule has 0 aliphatic heterocycles. The highest BCUT2D eigenvalue weighted by molar-refractivity contribution is 7.92. The topological polar surface area (TPSA) is 66.5 Å². The zero-order chi connectivity index (χ0) is 21.0. The number of amides is 1. The molecule has 3 aromatic rings. The molecule has 0 aromatic heterocycles. The lowest BCUT2D eigenvalue weighted by atomic mass is 10.1. The van der Waals surface area contributed by atoms with Crippen LogP contribution >= 0.6 is 0 Å². The second kappa shape index (κ2) is 8.45. The molecule has 0 bridgehead atoms. The van der Waals surface area contributed by atoms with Gasteiger partial charge in [0.15, 0.2) is 0 Å². The van der Waals surface area contributed by atoms with Crippen molar-refractivity contribution >= 4 is 27.3 Å². The Hall–Kier alpha value is -3.19. The average Bonchev–Trinajstić information content (AvgIpc) is 2.67. The molecule has 29 heavy (non-hydrogen) atoms. The molecule has 0 heterocycles. The number of benzene rings is 3. The molecule has 0 aliphatic rings. The molecule has 1 amide bonds. The van der Waals surface area contributed by atoms with Gasteiger partial charge >= 0.3 is 0 Å². The minimum atomic E-state index is -3.57. The third-order valence-corrected chi connectivity index (χ3v) is 5.47. The number of hydrogen-bond acceptors (Lipinski definition) is 3. The average molecular weight is 412 g/mol. The summed E-state index contributed by atoms with van der Waals surface area (Å²) in [5.41, 5.74) is 3.20. The van der Waals surface area contributed by atoms with Crippen molar-refractivity contribution in [1.29, 1.82) is 0 Å². The van der Waals surface area contributed by atoms with E-state index in [1.807, 2.05) is 25.1 Å². The fourth-order valence-corrected chi connectivity index (χ4v) is 3.75. The van der Waals surface area contributed by atoms with Crippen LogP contribution in [0.1, 0.15) is 21.5 Å². The van der Waals surface area contributed by atoms with Gasteiger partial charge in [-0.25, -0.2) is 12.8 Å². The van der Waals surface area contributed by atoms with Gasteiger partial charge in [0.2, 0.25) is 10.0 Å². The first-order chi connectivity index (χ1) is 13.7. The molecule has 3 aromatic carbocycles. The molecule has 0 spiro atoms. The van der Waals surface area contributed by atoms with Crippen LogP contribution in [0.25, 0.3) is 0 Å². The third-order valence-electron chi connectivity index (χ3n) is 4.33. The number of carbonyl (C=O) groups excluding carboxylic acids is 1. The Morgan fingerprint density at radius 3 is 2.24 bits per heavy atom. The van der Waals surface area contributed by atoms with Crippen LogP contribution < -0.4 is 9.62 Å². The lowest BCUT2D eigenvalue weighted by Crippen LogP contribution is -2.29. The summed E-state index contributed by atoms with van der Waals surface area (Å²) in [6, 6.07) is 19.4. The maximum absolute atomic E-state index is 13.1. The van der Waals surface area contributed by atoms with Gasteiger partial charge in [0.25, 0.3) is 5.91 Å². The van der Waals surface area contributed by atoms with Gasteiger partial charge in [-0.3, -0.25) is 9.10 Å². The number of hydrogen-bond donors (Lipinski definition) is 1. The molecule has 0 atom stereocenters. The summed E-state index contributed by atoms with van der Waals surface area (Å²) in [5.74, 6) is -0.671. The van der Waals surface area contributed by atoms with Crippen LogP contribution in [-0.2, 0) is 16.6 Å². The van der Waals surface area contributed by atoms with Crippen LogP contribution in [0.5, 0.6) is 0 Å². The van der Waals surface area contributed by atoms with Crippen LogP contribution in [0.4, 0.5) is 15.8 Å². The Kier molecular flexibility index (Phi) is 5.98. The fraction of sp³-hybridized carbons (Fsp3) is 0.136. The summed E-state index contributed by atoms with van der Waals surface area (Å²) in [5, 5.41) is 2.82. The van der Waals surface area contributed by atoms with Crippen molar-refractivity contribution < 1.29 is 17.6 Å². The molecular weight excluding hydrogens is 391 g/mol. The summed E-state index contributed by atoms with van der Waals surface area (Å²) >= 11 is 0. The van der Waals surface area contributed by atoms with Crippen molar-refractivity contribution in [3.05, 3.63) is 95.3 Å². The van der Waals surface area contributed by atoms with E-state index < -0.39 is 10.0 Å². The summed E-state index contributed by atoms with van der Waals surface area (Å²) < 4.78 is 38.9. The Bertz CT molecular complexity index is 1110. The fourth-order valence-electron chi connectivity index (χ4n) is 2.86. The van der Waals surface area contributed by atoms with Crippen molar-refractivity contribution in [2.45, 2.75) is 13.5 Å². The largest absolute Gasteiger partial charge is 0.322 e. The zero-order valence-corrected chi connectivity index (χ0v) is 16.9.